The SMILES string of the molecule is O=C(Cn1cnc2c(Cl)cc(Cl)cc2c1=O)c1ccc(F)c(F)c1. The zero-order chi connectivity index (χ0) is 17.4. The van der Waals surface area contributed by atoms with E-state index in [1.165, 1.54) is 18.5 Å². The fourth-order valence-corrected chi connectivity index (χ4v) is 2.77. The highest BCUT2D eigenvalue weighted by atomic mass is 35.5. The molecule has 0 atom stereocenters. The Hall–Kier alpha value is -2.31. The molecule has 4 nitrogen and oxygen atoms in total. The van der Waals surface area contributed by atoms with Crippen LogP contribution in [0.5, 0.6) is 0 Å². The molecule has 0 spiro atoms. The summed E-state index contributed by atoms with van der Waals surface area (Å²) in [5.74, 6) is -2.76. The smallest absolute Gasteiger partial charge is 0.261 e. The number of hydrogen-bond donors (Lipinski definition) is 0. The van der Waals surface area contributed by atoms with Crippen molar-refractivity contribution in [3.8, 4) is 0 Å². The second kappa shape index (κ2) is 6.30. The van der Waals surface area contributed by atoms with Crippen LogP contribution in [0.2, 0.25) is 10.0 Å². The third-order valence-electron chi connectivity index (χ3n) is 3.40. The van der Waals surface area contributed by atoms with E-state index >= 15 is 0 Å². The Morgan fingerprint density at radius 2 is 1.88 bits per heavy atom. The van der Waals surface area contributed by atoms with Crippen LogP contribution in [0.1, 0.15) is 10.4 Å². The van der Waals surface area contributed by atoms with Crippen LogP contribution in [0, 0.1) is 11.6 Å². The Labute approximate surface area is 144 Å². The molecule has 0 saturated carbocycles. The van der Waals surface area contributed by atoms with Crippen molar-refractivity contribution >= 4 is 39.9 Å². The van der Waals surface area contributed by atoms with Crippen LogP contribution >= 0.6 is 23.2 Å². The Balaban J connectivity index is 2.01. The van der Waals surface area contributed by atoms with E-state index in [4.69, 9.17) is 23.2 Å². The predicted molar refractivity (Wildman–Crippen MR) is 86.7 cm³/mol. The zero-order valence-corrected chi connectivity index (χ0v) is 13.4. The lowest BCUT2D eigenvalue weighted by atomic mass is 10.1. The normalized spacial score (nSPS) is 11.0. The van der Waals surface area contributed by atoms with Gasteiger partial charge >= 0.3 is 0 Å². The van der Waals surface area contributed by atoms with Gasteiger partial charge in [-0.05, 0) is 30.3 Å². The number of nitrogens with zero attached hydrogens (tertiary/aromatic N) is 2. The van der Waals surface area contributed by atoms with Crippen molar-refractivity contribution < 1.29 is 13.6 Å². The molecule has 0 aliphatic carbocycles. The molecule has 3 aromatic rings. The highest BCUT2D eigenvalue weighted by molar-refractivity contribution is 6.38. The van der Waals surface area contributed by atoms with E-state index in [2.05, 4.69) is 4.98 Å². The van der Waals surface area contributed by atoms with Crippen molar-refractivity contribution in [1.82, 2.24) is 9.55 Å². The van der Waals surface area contributed by atoms with Gasteiger partial charge in [-0.2, -0.15) is 0 Å². The van der Waals surface area contributed by atoms with Crippen LogP contribution in [-0.2, 0) is 6.54 Å². The zero-order valence-electron chi connectivity index (χ0n) is 11.9. The Morgan fingerprint density at radius 1 is 1.12 bits per heavy atom. The van der Waals surface area contributed by atoms with E-state index in [0.29, 0.717) is 0 Å². The van der Waals surface area contributed by atoms with E-state index in [9.17, 15) is 18.4 Å². The molecule has 0 radical (unpaired) electrons. The molecule has 2 aromatic carbocycles. The van der Waals surface area contributed by atoms with E-state index in [-0.39, 0.29) is 33.1 Å². The fourth-order valence-electron chi connectivity index (χ4n) is 2.22. The molecule has 3 rings (SSSR count). The van der Waals surface area contributed by atoms with Crippen molar-refractivity contribution in [2.24, 2.45) is 0 Å². The van der Waals surface area contributed by atoms with Gasteiger partial charge in [0, 0.05) is 10.6 Å². The number of ketones is 1. The summed E-state index contributed by atoms with van der Waals surface area (Å²) in [6, 6.07) is 5.63. The lowest BCUT2D eigenvalue weighted by Gasteiger charge is -2.07. The highest BCUT2D eigenvalue weighted by Crippen LogP contribution is 2.24. The second-order valence-corrected chi connectivity index (χ2v) is 5.86. The minimum Gasteiger partial charge on any atom is -0.292 e. The second-order valence-electron chi connectivity index (χ2n) is 5.01. The largest absolute Gasteiger partial charge is 0.292 e. The molecule has 0 unspecified atom stereocenters. The summed E-state index contributed by atoms with van der Waals surface area (Å²) in [5.41, 5.74) is -0.298. The van der Waals surface area contributed by atoms with Crippen molar-refractivity contribution in [2.45, 2.75) is 6.54 Å². The van der Waals surface area contributed by atoms with Crippen molar-refractivity contribution in [2.75, 3.05) is 0 Å². The van der Waals surface area contributed by atoms with Gasteiger partial charge in [0.05, 0.1) is 28.8 Å². The van der Waals surface area contributed by atoms with Gasteiger partial charge in [0.15, 0.2) is 17.4 Å². The number of rotatable bonds is 3. The van der Waals surface area contributed by atoms with Crippen molar-refractivity contribution in [3.63, 3.8) is 0 Å². The number of carbonyl (C=O) groups is 1. The standard InChI is InChI=1S/C16H8Cl2F2N2O2/c17-9-4-10-15(11(18)5-9)21-7-22(16(10)24)6-14(23)8-1-2-12(19)13(20)3-8/h1-5,7H,6H2. The summed E-state index contributed by atoms with van der Waals surface area (Å²) in [6.07, 6.45) is 1.17. The highest BCUT2D eigenvalue weighted by Gasteiger charge is 2.14. The van der Waals surface area contributed by atoms with E-state index in [0.717, 1.165) is 22.8 Å². The van der Waals surface area contributed by atoms with Crippen LogP contribution in [0.3, 0.4) is 0 Å². The van der Waals surface area contributed by atoms with Gasteiger partial charge in [0.1, 0.15) is 0 Å². The van der Waals surface area contributed by atoms with Crippen molar-refractivity contribution in [3.05, 3.63) is 74.3 Å². The Morgan fingerprint density at radius 3 is 2.58 bits per heavy atom. The van der Waals surface area contributed by atoms with Gasteiger partial charge in [-0.25, -0.2) is 13.8 Å². The summed E-state index contributed by atoms with van der Waals surface area (Å²) < 4.78 is 27.2. The van der Waals surface area contributed by atoms with E-state index < -0.39 is 23.0 Å². The molecule has 122 valence electrons. The third kappa shape index (κ3) is 3.02. The molecule has 8 heteroatoms. The third-order valence-corrected chi connectivity index (χ3v) is 3.91. The van der Waals surface area contributed by atoms with Crippen LogP contribution < -0.4 is 5.56 Å². The number of Topliss-reactive ketones (excluding diaryl/α,β-unsaturated/α-hetero) is 1. The van der Waals surface area contributed by atoms with Crippen LogP contribution in [0.15, 0.2) is 41.5 Å². The van der Waals surface area contributed by atoms with Crippen LogP contribution in [-0.4, -0.2) is 15.3 Å². The summed E-state index contributed by atoms with van der Waals surface area (Å²) in [4.78, 5) is 28.7. The van der Waals surface area contributed by atoms with Crippen LogP contribution in [0.25, 0.3) is 10.9 Å². The minimum atomic E-state index is -1.14. The maximum atomic E-state index is 13.2. The average Bonchev–Trinajstić information content (AvgIpc) is 2.53. The first-order chi connectivity index (χ1) is 11.4. The number of fused-ring (bicyclic) bond motifs is 1. The van der Waals surface area contributed by atoms with Crippen molar-refractivity contribution in [1.29, 1.82) is 0 Å². The lowest BCUT2D eigenvalue weighted by Crippen LogP contribution is -2.24. The molecular formula is C16H8Cl2F2N2O2. The van der Waals surface area contributed by atoms with E-state index in [1.54, 1.807) is 0 Å². The topological polar surface area (TPSA) is 52.0 Å². The average molecular weight is 369 g/mol. The van der Waals surface area contributed by atoms with Gasteiger partial charge in [0.25, 0.3) is 5.56 Å². The van der Waals surface area contributed by atoms with Gasteiger partial charge in [-0.1, -0.05) is 23.2 Å². The summed E-state index contributed by atoms with van der Waals surface area (Å²) in [5, 5.41) is 0.637. The molecule has 0 aliphatic heterocycles. The van der Waals surface area contributed by atoms with Gasteiger partial charge in [-0.3, -0.25) is 14.2 Å². The molecule has 24 heavy (non-hydrogen) atoms. The lowest BCUT2D eigenvalue weighted by molar-refractivity contribution is 0.0970. The first-order valence-corrected chi connectivity index (χ1v) is 7.45. The van der Waals surface area contributed by atoms with Gasteiger partial charge in [0.2, 0.25) is 0 Å². The molecule has 1 aromatic heterocycles. The maximum Gasteiger partial charge on any atom is 0.261 e. The molecule has 0 N–H and O–H groups in total. The molecular weight excluding hydrogens is 361 g/mol. The monoisotopic (exact) mass is 368 g/mol. The molecule has 0 fully saturated rings. The summed E-state index contributed by atoms with van der Waals surface area (Å²) in [6.45, 7) is -0.378. The fraction of sp³-hybridized carbons (Fsp3) is 0.0625. The summed E-state index contributed by atoms with van der Waals surface area (Å²) in [7, 11) is 0. The maximum absolute atomic E-state index is 13.2. The van der Waals surface area contributed by atoms with E-state index in [1.807, 2.05) is 0 Å². The molecule has 1 heterocycles. The Bertz CT molecular complexity index is 1030. The first-order valence-electron chi connectivity index (χ1n) is 6.69. The number of halogens is 4. The molecule has 0 aliphatic rings. The van der Waals surface area contributed by atoms with Gasteiger partial charge in [-0.15, -0.1) is 0 Å². The molecule has 0 saturated heterocycles. The Kier molecular flexibility index (Phi) is 4.34. The number of benzene rings is 2. The first kappa shape index (κ1) is 16.5. The summed E-state index contributed by atoms with van der Waals surface area (Å²) >= 11 is 11.9. The minimum absolute atomic E-state index is 0.0509. The number of carbonyl (C=O) groups excluding carboxylic acids is 1. The number of aromatic nitrogens is 2. The quantitative estimate of drug-likeness (QED) is 0.659. The molecule has 0 bridgehead atoms. The van der Waals surface area contributed by atoms with Gasteiger partial charge < -0.3 is 0 Å². The number of hydrogen-bond acceptors (Lipinski definition) is 3. The molecule has 0 amide bonds. The predicted octanol–water partition coefficient (Wildman–Crippen LogP) is 3.86. The van der Waals surface area contributed by atoms with Crippen LogP contribution in [0.4, 0.5) is 8.78 Å².